The summed E-state index contributed by atoms with van der Waals surface area (Å²) < 4.78 is 5.12. The van der Waals surface area contributed by atoms with Gasteiger partial charge in [0.2, 0.25) is 0 Å². The summed E-state index contributed by atoms with van der Waals surface area (Å²) >= 11 is 5.39. The Hall–Kier alpha value is -2.20. The number of thiocarbonyl (C=S) groups is 1. The summed E-state index contributed by atoms with van der Waals surface area (Å²) in [6.07, 6.45) is 1.77. The van der Waals surface area contributed by atoms with E-state index in [2.05, 4.69) is 5.10 Å². The van der Waals surface area contributed by atoms with Crippen LogP contribution in [-0.2, 0) is 0 Å². The van der Waals surface area contributed by atoms with Crippen LogP contribution in [0.1, 0.15) is 11.1 Å². The lowest BCUT2D eigenvalue weighted by Crippen LogP contribution is -2.20. The van der Waals surface area contributed by atoms with Crippen LogP contribution < -0.4 is 4.74 Å². The molecule has 4 heteroatoms. The minimum absolute atomic E-state index is 0.690. The number of nitrogens with zero attached hydrogens (tertiary/aromatic N) is 2. The molecule has 20 heavy (non-hydrogen) atoms. The van der Waals surface area contributed by atoms with E-state index in [0.29, 0.717) is 4.99 Å². The van der Waals surface area contributed by atoms with Gasteiger partial charge in [-0.15, -0.1) is 0 Å². The van der Waals surface area contributed by atoms with Gasteiger partial charge in [-0.2, -0.15) is 5.10 Å². The van der Waals surface area contributed by atoms with Crippen molar-refractivity contribution in [1.82, 2.24) is 5.01 Å². The maximum Gasteiger partial charge on any atom is 0.129 e. The van der Waals surface area contributed by atoms with Gasteiger partial charge in [0.05, 0.1) is 13.3 Å². The first-order valence-electron chi connectivity index (χ1n) is 6.22. The normalized spacial score (nSPS) is 10.5. The summed E-state index contributed by atoms with van der Waals surface area (Å²) in [5.41, 5.74) is 1.98. The van der Waals surface area contributed by atoms with E-state index in [9.17, 15) is 0 Å². The second-order valence-corrected chi connectivity index (χ2v) is 4.60. The van der Waals surface area contributed by atoms with Crippen molar-refractivity contribution >= 4 is 23.4 Å². The monoisotopic (exact) mass is 284 g/mol. The van der Waals surface area contributed by atoms with Crippen LogP contribution in [0.5, 0.6) is 5.75 Å². The van der Waals surface area contributed by atoms with E-state index in [1.54, 1.807) is 18.3 Å². The van der Waals surface area contributed by atoms with Crippen LogP contribution in [0.2, 0.25) is 0 Å². The van der Waals surface area contributed by atoms with E-state index in [0.717, 1.165) is 16.9 Å². The van der Waals surface area contributed by atoms with Gasteiger partial charge in [0.25, 0.3) is 0 Å². The zero-order chi connectivity index (χ0) is 14.4. The molecule has 102 valence electrons. The van der Waals surface area contributed by atoms with Gasteiger partial charge in [0, 0.05) is 12.6 Å². The van der Waals surface area contributed by atoms with Gasteiger partial charge in [0.1, 0.15) is 10.7 Å². The summed E-state index contributed by atoms with van der Waals surface area (Å²) in [5.74, 6) is 0.829. The van der Waals surface area contributed by atoms with Gasteiger partial charge in [-0.25, -0.2) is 0 Å². The van der Waals surface area contributed by atoms with Crippen LogP contribution in [0.3, 0.4) is 0 Å². The standard InChI is InChI=1S/C16H16N2OS/c1-18(16(20)14-6-4-3-5-7-14)17-12-13-8-10-15(19-2)11-9-13/h3-12H,1-2H3. The van der Waals surface area contributed by atoms with E-state index in [1.807, 2.05) is 61.6 Å². The smallest absolute Gasteiger partial charge is 0.129 e. The zero-order valence-electron chi connectivity index (χ0n) is 11.5. The molecule has 0 radical (unpaired) electrons. The van der Waals surface area contributed by atoms with Gasteiger partial charge in [-0.3, -0.25) is 5.01 Å². The molecule has 0 unspecified atom stereocenters. The first-order valence-corrected chi connectivity index (χ1v) is 6.62. The van der Waals surface area contributed by atoms with Gasteiger partial charge in [-0.05, 0) is 29.8 Å². The number of ether oxygens (including phenoxy) is 1. The first-order chi connectivity index (χ1) is 9.70. The highest BCUT2D eigenvalue weighted by atomic mass is 32.1. The van der Waals surface area contributed by atoms with Crippen LogP contribution in [0, 0.1) is 0 Å². The van der Waals surface area contributed by atoms with Gasteiger partial charge >= 0.3 is 0 Å². The van der Waals surface area contributed by atoms with Gasteiger partial charge in [-0.1, -0.05) is 42.5 Å². The fourth-order valence-electron chi connectivity index (χ4n) is 1.66. The highest BCUT2D eigenvalue weighted by Gasteiger charge is 2.04. The van der Waals surface area contributed by atoms with Crippen LogP contribution in [-0.4, -0.2) is 30.4 Å². The molecule has 0 N–H and O–H groups in total. The number of hydrogen-bond donors (Lipinski definition) is 0. The summed E-state index contributed by atoms with van der Waals surface area (Å²) in [4.78, 5) is 0.690. The summed E-state index contributed by atoms with van der Waals surface area (Å²) in [6, 6.07) is 17.5. The molecule has 0 aromatic heterocycles. The highest BCUT2D eigenvalue weighted by Crippen LogP contribution is 2.10. The molecule has 2 aromatic carbocycles. The van der Waals surface area contributed by atoms with Crippen molar-refractivity contribution in [2.24, 2.45) is 5.10 Å². The lowest BCUT2D eigenvalue weighted by molar-refractivity contribution is 0.415. The lowest BCUT2D eigenvalue weighted by atomic mass is 10.2. The van der Waals surface area contributed by atoms with Crippen molar-refractivity contribution in [1.29, 1.82) is 0 Å². The number of methoxy groups -OCH3 is 1. The molecule has 2 aromatic rings. The topological polar surface area (TPSA) is 24.8 Å². The van der Waals surface area contributed by atoms with Crippen molar-refractivity contribution in [2.75, 3.05) is 14.2 Å². The fourth-order valence-corrected chi connectivity index (χ4v) is 1.85. The number of hydrazone groups is 1. The van der Waals surface area contributed by atoms with E-state index in [1.165, 1.54) is 0 Å². The average Bonchev–Trinajstić information content (AvgIpc) is 2.53. The second-order valence-electron chi connectivity index (χ2n) is 4.21. The third kappa shape index (κ3) is 3.65. The third-order valence-electron chi connectivity index (χ3n) is 2.81. The Morgan fingerprint density at radius 2 is 1.75 bits per heavy atom. The quantitative estimate of drug-likeness (QED) is 0.489. The molecule has 0 fully saturated rings. The van der Waals surface area contributed by atoms with Crippen LogP contribution in [0.15, 0.2) is 59.7 Å². The SMILES string of the molecule is COc1ccc(C=NN(C)C(=S)c2ccccc2)cc1. The molecule has 2 rings (SSSR count). The lowest BCUT2D eigenvalue weighted by Gasteiger charge is -2.13. The van der Waals surface area contributed by atoms with Crippen LogP contribution >= 0.6 is 12.2 Å². The summed E-state index contributed by atoms with van der Waals surface area (Å²) in [5, 5.41) is 6.04. The van der Waals surface area contributed by atoms with Gasteiger partial charge < -0.3 is 4.74 Å². The third-order valence-corrected chi connectivity index (χ3v) is 3.31. The predicted octanol–water partition coefficient (Wildman–Crippen LogP) is 3.34. The molecule has 0 saturated heterocycles. The zero-order valence-corrected chi connectivity index (χ0v) is 12.3. The molecule has 0 bridgehead atoms. The molecule has 0 aliphatic rings. The number of benzene rings is 2. The molecular formula is C16H16N2OS. The van der Waals surface area contributed by atoms with E-state index in [4.69, 9.17) is 17.0 Å². The molecule has 0 atom stereocenters. The molecule has 0 aliphatic heterocycles. The Morgan fingerprint density at radius 3 is 2.35 bits per heavy atom. The average molecular weight is 284 g/mol. The Balaban J connectivity index is 2.04. The number of rotatable bonds is 4. The molecule has 0 heterocycles. The maximum absolute atomic E-state index is 5.39. The van der Waals surface area contributed by atoms with E-state index >= 15 is 0 Å². The predicted molar refractivity (Wildman–Crippen MR) is 86.5 cm³/mol. The van der Waals surface area contributed by atoms with Crippen molar-refractivity contribution in [3.8, 4) is 5.75 Å². The van der Waals surface area contributed by atoms with Crippen LogP contribution in [0.25, 0.3) is 0 Å². The Bertz CT molecular complexity index is 594. The van der Waals surface area contributed by atoms with Crippen molar-refractivity contribution in [2.45, 2.75) is 0 Å². The number of hydrogen-bond acceptors (Lipinski definition) is 3. The van der Waals surface area contributed by atoms with Crippen LogP contribution in [0.4, 0.5) is 0 Å². The minimum atomic E-state index is 0.690. The summed E-state index contributed by atoms with van der Waals surface area (Å²) in [6.45, 7) is 0. The van der Waals surface area contributed by atoms with E-state index in [-0.39, 0.29) is 0 Å². The van der Waals surface area contributed by atoms with Crippen molar-refractivity contribution in [3.05, 3.63) is 65.7 Å². The Kier molecular flexibility index (Phi) is 4.85. The molecule has 0 saturated carbocycles. The first kappa shape index (κ1) is 14.2. The second kappa shape index (κ2) is 6.82. The molecule has 0 aliphatic carbocycles. The summed E-state index contributed by atoms with van der Waals surface area (Å²) in [7, 11) is 3.49. The van der Waals surface area contributed by atoms with E-state index < -0.39 is 0 Å². The van der Waals surface area contributed by atoms with Crippen molar-refractivity contribution in [3.63, 3.8) is 0 Å². The van der Waals surface area contributed by atoms with Gasteiger partial charge in [0.15, 0.2) is 0 Å². The molecular weight excluding hydrogens is 268 g/mol. The molecule has 0 spiro atoms. The highest BCUT2D eigenvalue weighted by molar-refractivity contribution is 7.80. The largest absolute Gasteiger partial charge is 0.497 e. The Labute approximate surface area is 124 Å². The fraction of sp³-hybridized carbons (Fsp3) is 0.125. The Morgan fingerprint density at radius 1 is 1.10 bits per heavy atom. The molecule has 0 amide bonds. The maximum atomic E-state index is 5.39. The minimum Gasteiger partial charge on any atom is -0.497 e. The van der Waals surface area contributed by atoms with Crippen molar-refractivity contribution < 1.29 is 4.74 Å². The molecule has 3 nitrogen and oxygen atoms in total.